The van der Waals surface area contributed by atoms with E-state index in [0.717, 1.165) is 12.5 Å². The molecule has 6 N–H and O–H groups in total. The third-order valence-electron chi connectivity index (χ3n) is 13.3. The second-order valence-electron chi connectivity index (χ2n) is 18.2. The highest BCUT2D eigenvalue weighted by atomic mass is 16.7. The summed E-state index contributed by atoms with van der Waals surface area (Å²) in [6.07, 6.45) is 4.55. The first-order valence-corrected chi connectivity index (χ1v) is 21.2. The molecule has 0 saturated carbocycles. The number of aliphatic hydroxyl groups is 6. The Hall–Kier alpha value is -2.62. The van der Waals surface area contributed by atoms with E-state index in [-0.39, 0.29) is 24.7 Å². The average Bonchev–Trinajstić information content (AvgIpc) is 3.16. The molecule has 0 radical (unpaired) electrons. The maximum atomic E-state index is 14.0. The highest BCUT2D eigenvalue weighted by molar-refractivity contribution is 5.91. The van der Waals surface area contributed by atoms with Crippen LogP contribution < -0.4 is 0 Å². The minimum Gasteiger partial charge on any atom is -0.456 e. The molecule has 13 heteroatoms. The van der Waals surface area contributed by atoms with Crippen molar-refractivity contribution in [1.82, 2.24) is 0 Å². The Morgan fingerprint density at radius 3 is 2.05 bits per heavy atom. The van der Waals surface area contributed by atoms with Crippen LogP contribution in [-0.4, -0.2) is 114 Å². The maximum absolute atomic E-state index is 14.0. The summed E-state index contributed by atoms with van der Waals surface area (Å²) in [4.78, 5) is 54.6. The largest absolute Gasteiger partial charge is 0.456 e. The Bertz CT molecular complexity index is 1510. The highest BCUT2D eigenvalue weighted by Gasteiger charge is 2.69. The quantitative estimate of drug-likeness (QED) is 0.221. The van der Waals surface area contributed by atoms with E-state index in [1.165, 1.54) is 40.7 Å². The van der Waals surface area contributed by atoms with E-state index in [2.05, 4.69) is 0 Å². The molecule has 330 valence electrons. The van der Waals surface area contributed by atoms with Gasteiger partial charge >= 0.3 is 5.97 Å². The molecule has 0 aliphatic carbocycles. The van der Waals surface area contributed by atoms with Gasteiger partial charge in [0.25, 0.3) is 5.79 Å². The number of hydrogen-bond acceptors (Lipinski definition) is 13. The van der Waals surface area contributed by atoms with E-state index in [4.69, 9.17) is 14.2 Å². The van der Waals surface area contributed by atoms with Crippen molar-refractivity contribution in [3.8, 4) is 0 Å². The van der Waals surface area contributed by atoms with E-state index in [9.17, 15) is 49.8 Å². The van der Waals surface area contributed by atoms with Crippen LogP contribution in [0.3, 0.4) is 0 Å². The molecule has 0 aromatic rings. The van der Waals surface area contributed by atoms with Crippen LogP contribution in [0.1, 0.15) is 115 Å². The van der Waals surface area contributed by atoms with Crippen LogP contribution in [0.2, 0.25) is 0 Å². The van der Waals surface area contributed by atoms with Gasteiger partial charge in [0.1, 0.15) is 17.5 Å². The molecule has 0 amide bonds. The third kappa shape index (κ3) is 10.8. The monoisotopic (exact) mass is 820 g/mol. The molecule has 1 spiro atoms. The second kappa shape index (κ2) is 20.3. The lowest BCUT2D eigenvalue weighted by molar-refractivity contribution is -0.388. The predicted octanol–water partition coefficient (Wildman–Crippen LogP) is 4.18. The van der Waals surface area contributed by atoms with Crippen LogP contribution in [0.25, 0.3) is 0 Å². The number of rotatable bonds is 3. The SMILES string of the molecule is CC[C@H]1/C=C\C=C\C[C@@H](C)[C@H](O)[C@@](C)(O)C(=O)[C@@H](C)[C@H](O)[C@@H](C)C(=O)[C@@H](C)[C@H](O)[C@@H](C)/C=C/C(=O)O[C@@H]2[C@H](C)[C@H](CC1)O[C@@]1(O[C@@H](C[C@@H](C)O)[C@@H](C)CC1=O)[C@]2(C)O. The van der Waals surface area contributed by atoms with Crippen LogP contribution in [0.4, 0.5) is 0 Å². The number of carbonyl (C=O) groups is 4. The molecule has 18 atom stereocenters. The van der Waals surface area contributed by atoms with Crippen LogP contribution in [0, 0.1) is 47.3 Å². The van der Waals surface area contributed by atoms with Gasteiger partial charge in [0.05, 0.1) is 36.6 Å². The number of aliphatic hydroxyl groups excluding tert-OH is 4. The highest BCUT2D eigenvalue weighted by Crippen LogP contribution is 2.49. The molecule has 13 nitrogen and oxygen atoms in total. The third-order valence-corrected chi connectivity index (χ3v) is 13.3. The van der Waals surface area contributed by atoms with Gasteiger partial charge in [0.15, 0.2) is 17.2 Å². The summed E-state index contributed by atoms with van der Waals surface area (Å²) < 4.78 is 19.0. The van der Waals surface area contributed by atoms with Crippen molar-refractivity contribution in [2.45, 2.75) is 174 Å². The summed E-state index contributed by atoms with van der Waals surface area (Å²) in [6.45, 7) is 17.4. The molecule has 3 heterocycles. The number of Topliss-reactive ketones (excluding diaryl/α,β-unsaturated/α-hetero) is 3. The van der Waals surface area contributed by atoms with Crippen molar-refractivity contribution >= 4 is 23.3 Å². The lowest BCUT2D eigenvalue weighted by atomic mass is 9.71. The van der Waals surface area contributed by atoms with Crippen molar-refractivity contribution in [3.63, 3.8) is 0 Å². The average molecular weight is 821 g/mol. The summed E-state index contributed by atoms with van der Waals surface area (Å²) in [5.74, 6) is -10.5. The fourth-order valence-electron chi connectivity index (χ4n) is 8.94. The number of fused-ring (bicyclic) bond motifs is 2. The van der Waals surface area contributed by atoms with Crippen LogP contribution in [0.5, 0.6) is 0 Å². The molecule has 0 unspecified atom stereocenters. The summed E-state index contributed by atoms with van der Waals surface area (Å²) in [5.41, 5.74) is -4.38. The van der Waals surface area contributed by atoms with Crippen LogP contribution >= 0.6 is 0 Å². The Morgan fingerprint density at radius 2 is 1.45 bits per heavy atom. The summed E-state index contributed by atoms with van der Waals surface area (Å²) in [7, 11) is 0. The first-order chi connectivity index (χ1) is 26.8. The van der Waals surface area contributed by atoms with Crippen molar-refractivity contribution in [2.24, 2.45) is 47.3 Å². The van der Waals surface area contributed by atoms with Crippen molar-refractivity contribution in [3.05, 3.63) is 36.5 Å². The molecular weight excluding hydrogens is 748 g/mol. The van der Waals surface area contributed by atoms with E-state index in [1.807, 2.05) is 38.2 Å². The van der Waals surface area contributed by atoms with Crippen LogP contribution in [-0.2, 0) is 33.4 Å². The molecule has 3 aliphatic rings. The van der Waals surface area contributed by atoms with Crippen molar-refractivity contribution in [2.75, 3.05) is 0 Å². The van der Waals surface area contributed by atoms with Gasteiger partial charge in [-0.15, -0.1) is 0 Å². The first-order valence-electron chi connectivity index (χ1n) is 21.2. The zero-order valence-corrected chi connectivity index (χ0v) is 36.4. The molecule has 58 heavy (non-hydrogen) atoms. The smallest absolute Gasteiger partial charge is 0.330 e. The molecular formula is C45H72O13. The normalized spacial score (nSPS) is 46.9. The van der Waals surface area contributed by atoms with E-state index in [0.29, 0.717) is 19.3 Å². The van der Waals surface area contributed by atoms with E-state index in [1.54, 1.807) is 27.7 Å². The Labute approximate surface area is 344 Å². The van der Waals surface area contributed by atoms with Gasteiger partial charge in [-0.25, -0.2) is 4.79 Å². The summed E-state index contributed by atoms with van der Waals surface area (Å²) in [6, 6.07) is 0. The number of hydrogen-bond donors (Lipinski definition) is 6. The summed E-state index contributed by atoms with van der Waals surface area (Å²) >= 11 is 0. The van der Waals surface area contributed by atoms with Gasteiger partial charge in [0, 0.05) is 42.1 Å². The first kappa shape index (κ1) is 49.7. The second-order valence-corrected chi connectivity index (χ2v) is 18.2. The van der Waals surface area contributed by atoms with Gasteiger partial charge in [-0.05, 0) is 70.6 Å². The van der Waals surface area contributed by atoms with E-state index >= 15 is 0 Å². The van der Waals surface area contributed by atoms with Gasteiger partial charge in [-0.3, -0.25) is 14.4 Å². The van der Waals surface area contributed by atoms with E-state index < -0.39 is 119 Å². The standard InChI is InChI=1S/C45H72O13/c1-12-32-17-15-13-14-16-25(3)40(52)43(10,54)41(53)31(9)39(51)30(8)38(50)29(7)37(49)24(2)18-21-36(48)56-42-28(6)33(20-19-32)57-45(44(42,11)55)35(47)22-26(4)34(58-45)23-27(5)46/h13-15,17-18,21,24-34,37,39-40,42,46,49,51-52,54-55H,12,16,19-20,22-23H2,1-11H3/b14-13+,17-15-,21-18+/t24-,25+,26-,27+,28+,29-,30-,31-,32-,33-,34-,37+,39+,40-,42+,43+,44+,45-/m0/s1. The number of esters is 1. The number of ether oxygens (including phenoxy) is 3. The zero-order valence-electron chi connectivity index (χ0n) is 36.4. The zero-order chi connectivity index (χ0) is 44.1. The van der Waals surface area contributed by atoms with Gasteiger partial charge in [-0.2, -0.15) is 0 Å². The van der Waals surface area contributed by atoms with Gasteiger partial charge in [-0.1, -0.05) is 85.8 Å². The fourth-order valence-corrected chi connectivity index (χ4v) is 8.94. The molecule has 2 bridgehead atoms. The van der Waals surface area contributed by atoms with Gasteiger partial charge < -0.3 is 44.8 Å². The summed E-state index contributed by atoms with van der Waals surface area (Å²) in [5, 5.41) is 67.3. The van der Waals surface area contributed by atoms with Gasteiger partial charge in [0.2, 0.25) is 0 Å². The molecule has 2 saturated heterocycles. The van der Waals surface area contributed by atoms with Crippen molar-refractivity contribution < 1.29 is 64.0 Å². The molecule has 3 aliphatic heterocycles. The number of carbonyl (C=O) groups excluding carboxylic acids is 4. The lowest BCUT2D eigenvalue weighted by Gasteiger charge is -2.57. The topological polar surface area (TPSA) is 217 Å². The molecule has 2 fully saturated rings. The Kier molecular flexibility index (Phi) is 17.4. The molecule has 0 aromatic heterocycles. The minimum absolute atomic E-state index is 0.00618. The lowest BCUT2D eigenvalue weighted by Crippen LogP contribution is -2.75. The maximum Gasteiger partial charge on any atom is 0.330 e. The Morgan fingerprint density at radius 1 is 0.828 bits per heavy atom. The Balaban J connectivity index is 2.06. The molecule has 0 aromatic carbocycles. The minimum atomic E-state index is -2.23. The van der Waals surface area contributed by atoms with Crippen molar-refractivity contribution in [1.29, 1.82) is 0 Å². The fraction of sp³-hybridized carbons (Fsp3) is 0.778. The number of ketones is 3. The molecule has 3 rings (SSSR count). The predicted molar refractivity (Wildman–Crippen MR) is 217 cm³/mol. The number of allylic oxidation sites excluding steroid dienone is 4. The van der Waals surface area contributed by atoms with Crippen LogP contribution in [0.15, 0.2) is 36.5 Å².